The molecule has 0 aliphatic heterocycles. The Balaban J connectivity index is 0.00000529. The van der Waals surface area contributed by atoms with Crippen LogP contribution in [0.25, 0.3) is 0 Å². The Morgan fingerprint density at radius 1 is 1.29 bits per heavy atom. The minimum atomic E-state index is -0.0104. The Morgan fingerprint density at radius 2 is 2.04 bits per heavy atom. The van der Waals surface area contributed by atoms with E-state index in [1.807, 2.05) is 43.0 Å². The topological polar surface area (TPSA) is 54.9 Å². The summed E-state index contributed by atoms with van der Waals surface area (Å²) in [5.41, 5.74) is 0. The van der Waals surface area contributed by atoms with E-state index in [2.05, 4.69) is 28.8 Å². The molecule has 0 fully saturated rings. The van der Waals surface area contributed by atoms with E-state index >= 15 is 0 Å². The molecule has 1 unspecified atom stereocenters. The van der Waals surface area contributed by atoms with E-state index in [-0.39, 0.29) is 30.1 Å². The molecule has 0 heterocycles. The molecular weight excluding hydrogens is 437 g/mol. The highest BCUT2D eigenvalue weighted by Gasteiger charge is 2.05. The summed E-state index contributed by atoms with van der Waals surface area (Å²) >= 11 is 1.86. The quantitative estimate of drug-likeness (QED) is 0.239. The number of guanidine groups is 1. The second kappa shape index (κ2) is 14.5. The fourth-order valence-corrected chi connectivity index (χ4v) is 2.36. The van der Waals surface area contributed by atoms with Crippen LogP contribution in [0.2, 0.25) is 0 Å². The smallest absolute Gasteiger partial charge is 0.191 e. The number of benzene rings is 1. The fourth-order valence-electron chi connectivity index (χ4n) is 1.93. The maximum atomic E-state index is 5.88. The summed E-state index contributed by atoms with van der Waals surface area (Å²) in [6.07, 6.45) is 3.24. The molecule has 1 atom stereocenters. The van der Waals surface area contributed by atoms with Crippen molar-refractivity contribution in [3.05, 3.63) is 24.3 Å². The molecule has 0 radical (unpaired) electrons. The second-order valence-electron chi connectivity index (χ2n) is 5.10. The number of hydrogen-bond donors (Lipinski definition) is 2. The number of nitrogens with zero attached hydrogens (tertiary/aromatic N) is 1. The van der Waals surface area contributed by atoms with Crippen molar-refractivity contribution in [2.75, 3.05) is 38.8 Å². The molecule has 0 saturated carbocycles. The van der Waals surface area contributed by atoms with Gasteiger partial charge in [0.15, 0.2) is 5.96 Å². The maximum Gasteiger partial charge on any atom is 0.191 e. The summed E-state index contributed by atoms with van der Waals surface area (Å²) < 4.78 is 11.1. The van der Waals surface area contributed by atoms with Gasteiger partial charge in [0.25, 0.3) is 0 Å². The number of hydrogen-bond acceptors (Lipinski definition) is 4. The molecule has 0 bridgehead atoms. The lowest BCUT2D eigenvalue weighted by molar-refractivity contribution is 0.229. The van der Waals surface area contributed by atoms with Gasteiger partial charge in [-0.2, -0.15) is 11.8 Å². The number of thioether (sulfide) groups is 1. The minimum absolute atomic E-state index is 0. The van der Waals surface area contributed by atoms with E-state index in [9.17, 15) is 0 Å². The predicted molar refractivity (Wildman–Crippen MR) is 115 cm³/mol. The lowest BCUT2D eigenvalue weighted by atomic mass is 10.3. The van der Waals surface area contributed by atoms with Gasteiger partial charge in [0.2, 0.25) is 0 Å². The molecule has 0 aromatic heterocycles. The van der Waals surface area contributed by atoms with Crippen molar-refractivity contribution in [2.24, 2.45) is 4.99 Å². The summed E-state index contributed by atoms with van der Waals surface area (Å²) in [6, 6.07) is 7.62. The molecule has 138 valence electrons. The van der Waals surface area contributed by atoms with E-state index in [4.69, 9.17) is 9.47 Å². The van der Waals surface area contributed by atoms with Crippen LogP contribution in [-0.2, 0) is 0 Å². The third kappa shape index (κ3) is 10.1. The van der Waals surface area contributed by atoms with Crippen molar-refractivity contribution in [3.63, 3.8) is 0 Å². The molecular formula is C17H30IN3O2S. The molecule has 1 rings (SSSR count). The van der Waals surface area contributed by atoms with Gasteiger partial charge >= 0.3 is 0 Å². The summed E-state index contributed by atoms with van der Waals surface area (Å²) in [4.78, 5) is 4.58. The first-order valence-electron chi connectivity index (χ1n) is 8.01. The van der Waals surface area contributed by atoms with Gasteiger partial charge in [-0.15, -0.1) is 24.0 Å². The van der Waals surface area contributed by atoms with Crippen LogP contribution in [0.4, 0.5) is 0 Å². The average molecular weight is 467 g/mol. The molecule has 0 spiro atoms. The number of rotatable bonds is 10. The lowest BCUT2D eigenvalue weighted by Gasteiger charge is -2.15. The molecule has 0 aliphatic rings. The highest BCUT2D eigenvalue weighted by molar-refractivity contribution is 14.0. The Kier molecular flexibility index (Phi) is 14.0. The Morgan fingerprint density at radius 3 is 2.71 bits per heavy atom. The molecule has 1 aromatic rings. The fraction of sp³-hybridized carbons (Fsp3) is 0.588. The van der Waals surface area contributed by atoms with Crippen LogP contribution in [0.5, 0.6) is 11.5 Å². The van der Waals surface area contributed by atoms with Crippen LogP contribution in [0, 0.1) is 0 Å². The van der Waals surface area contributed by atoms with Gasteiger partial charge in [-0.3, -0.25) is 0 Å². The third-order valence-electron chi connectivity index (χ3n) is 3.05. The van der Waals surface area contributed by atoms with Crippen molar-refractivity contribution >= 4 is 41.7 Å². The van der Waals surface area contributed by atoms with Gasteiger partial charge in [0, 0.05) is 19.2 Å². The lowest BCUT2D eigenvalue weighted by Crippen LogP contribution is -2.38. The molecule has 24 heavy (non-hydrogen) atoms. The van der Waals surface area contributed by atoms with E-state index < -0.39 is 0 Å². The SMILES string of the molecule is CCNC(=NCC(C)Oc1cccc(OC)c1)NCCCSC.I. The first kappa shape index (κ1) is 23.2. The van der Waals surface area contributed by atoms with E-state index in [1.165, 1.54) is 0 Å². The van der Waals surface area contributed by atoms with Crippen LogP contribution in [-0.4, -0.2) is 50.8 Å². The first-order valence-corrected chi connectivity index (χ1v) is 9.40. The van der Waals surface area contributed by atoms with Crippen LogP contribution in [0.3, 0.4) is 0 Å². The number of methoxy groups -OCH3 is 1. The second-order valence-corrected chi connectivity index (χ2v) is 6.09. The zero-order chi connectivity index (χ0) is 16.9. The first-order chi connectivity index (χ1) is 11.2. The van der Waals surface area contributed by atoms with Gasteiger partial charge in [0.1, 0.15) is 17.6 Å². The van der Waals surface area contributed by atoms with Crippen LogP contribution < -0.4 is 20.1 Å². The molecule has 0 amide bonds. The zero-order valence-corrected chi connectivity index (χ0v) is 18.1. The van der Waals surface area contributed by atoms with E-state index in [1.54, 1.807) is 7.11 Å². The Labute approximate surface area is 167 Å². The summed E-state index contributed by atoms with van der Waals surface area (Å²) in [5.74, 6) is 3.59. The molecule has 2 N–H and O–H groups in total. The highest BCUT2D eigenvalue weighted by atomic mass is 127. The number of aliphatic imine (C=N–C) groups is 1. The summed E-state index contributed by atoms with van der Waals surface area (Å²) in [7, 11) is 1.65. The molecule has 1 aromatic carbocycles. The monoisotopic (exact) mass is 467 g/mol. The highest BCUT2D eigenvalue weighted by Crippen LogP contribution is 2.19. The number of ether oxygens (including phenoxy) is 2. The third-order valence-corrected chi connectivity index (χ3v) is 3.74. The van der Waals surface area contributed by atoms with Crippen LogP contribution >= 0.6 is 35.7 Å². The molecule has 0 saturated heterocycles. The maximum absolute atomic E-state index is 5.88. The Hall–Kier alpha value is -0.830. The predicted octanol–water partition coefficient (Wildman–Crippen LogP) is 3.39. The van der Waals surface area contributed by atoms with Gasteiger partial charge in [0.05, 0.1) is 13.7 Å². The standard InChI is InChI=1S/C17H29N3O2S.HI/c1-5-18-17(19-10-7-11-23-4)20-13-14(2)22-16-9-6-8-15(12-16)21-3;/h6,8-9,12,14H,5,7,10-11,13H2,1-4H3,(H2,18,19,20);1H. The molecule has 7 heteroatoms. The van der Waals surface area contributed by atoms with Crippen LogP contribution in [0.1, 0.15) is 20.3 Å². The van der Waals surface area contributed by atoms with Crippen molar-refractivity contribution in [3.8, 4) is 11.5 Å². The minimum Gasteiger partial charge on any atom is -0.497 e. The van der Waals surface area contributed by atoms with Gasteiger partial charge in [-0.1, -0.05) is 6.07 Å². The molecule has 5 nitrogen and oxygen atoms in total. The van der Waals surface area contributed by atoms with E-state index in [0.717, 1.165) is 42.7 Å². The number of nitrogens with one attached hydrogen (secondary N) is 2. The summed E-state index contributed by atoms with van der Waals surface area (Å²) in [6.45, 7) is 6.45. The van der Waals surface area contributed by atoms with Crippen molar-refractivity contribution in [1.29, 1.82) is 0 Å². The normalized spacial score (nSPS) is 12.1. The van der Waals surface area contributed by atoms with E-state index in [0.29, 0.717) is 6.54 Å². The van der Waals surface area contributed by atoms with Crippen molar-refractivity contribution < 1.29 is 9.47 Å². The molecule has 0 aliphatic carbocycles. The van der Waals surface area contributed by atoms with Crippen molar-refractivity contribution in [2.45, 2.75) is 26.4 Å². The number of halogens is 1. The zero-order valence-electron chi connectivity index (χ0n) is 15.0. The Bertz CT molecular complexity index is 475. The van der Waals surface area contributed by atoms with Gasteiger partial charge < -0.3 is 20.1 Å². The largest absolute Gasteiger partial charge is 0.497 e. The summed E-state index contributed by atoms with van der Waals surface area (Å²) in [5, 5.41) is 6.60. The van der Waals surface area contributed by atoms with Gasteiger partial charge in [-0.25, -0.2) is 4.99 Å². The van der Waals surface area contributed by atoms with Gasteiger partial charge in [-0.05, 0) is 44.4 Å². The van der Waals surface area contributed by atoms with Crippen molar-refractivity contribution in [1.82, 2.24) is 10.6 Å². The average Bonchev–Trinajstić information content (AvgIpc) is 2.56. The van der Waals surface area contributed by atoms with Crippen LogP contribution in [0.15, 0.2) is 29.3 Å².